The van der Waals surface area contributed by atoms with E-state index in [1.54, 1.807) is 0 Å². The summed E-state index contributed by atoms with van der Waals surface area (Å²) < 4.78 is 0. The number of rotatable bonds is 7. The van der Waals surface area contributed by atoms with Crippen LogP contribution in [0.4, 0.5) is 0 Å². The lowest BCUT2D eigenvalue weighted by Crippen LogP contribution is -2.72. The van der Waals surface area contributed by atoms with Crippen LogP contribution >= 0.6 is 0 Å². The van der Waals surface area contributed by atoms with Gasteiger partial charge in [-0.05, 0) is 163 Å². The zero-order chi connectivity index (χ0) is 52.5. The first-order chi connectivity index (χ1) is 39.7. The summed E-state index contributed by atoms with van der Waals surface area (Å²) in [6, 6.07) is 116. The molecule has 0 amide bonds. The predicted octanol–water partition coefficient (Wildman–Crippen LogP) is 14.6. The Bertz CT molecular complexity index is 4670. The normalized spacial score (nSPS) is 13.7. The molecule has 370 valence electrons. The van der Waals surface area contributed by atoms with E-state index in [9.17, 15) is 0 Å². The first-order valence-corrected chi connectivity index (χ1v) is 32.1. The fourth-order valence-electron chi connectivity index (χ4n) is 15.3. The van der Waals surface area contributed by atoms with Crippen LogP contribution in [0.25, 0.3) is 109 Å². The van der Waals surface area contributed by atoms with Gasteiger partial charge in [-0.3, -0.25) is 0 Å². The quantitative estimate of drug-likeness (QED) is 0.0848. The van der Waals surface area contributed by atoms with Crippen molar-refractivity contribution in [2.75, 3.05) is 0 Å². The number of fused-ring (bicyclic) bond motifs is 8. The highest BCUT2D eigenvalue weighted by Crippen LogP contribution is 2.50. The SMILES string of the molecule is c1ccc([Si]2(c3ccccc3)c3ccccc3-c3c(-c4cccc5c(-c6cc7cccc8ccc9cccc6c9c87)c6cccc(-c7cccc8c7-c7ccccc7[Si]8(c7ccccc7)c7ccccc7)c6cc45)cccc32)cc1. The molecule has 0 unspecified atom stereocenters. The second-order valence-electron chi connectivity index (χ2n) is 22.0. The second-order valence-corrected chi connectivity index (χ2v) is 29.5. The molecule has 0 aromatic heterocycles. The lowest BCUT2D eigenvalue weighted by Gasteiger charge is -2.31. The van der Waals surface area contributed by atoms with Crippen molar-refractivity contribution < 1.29 is 0 Å². The standard InChI is InChI=1S/C78H50Si2/c1-5-26-54(27-6-1)79(55-28-7-2-8-29-55)70-43-15-13-34-65(70)77-60(41-21-45-72(77)79)58-36-19-39-62-67(58)50-68-59(37-20-40-63(68)76(62)69-49-53-25-17-23-51-47-48-52-24-18-38-64(69)75(52)74(51)53)61-42-22-46-73-78(61)66-35-14-16-44-71(66)80(73,56-30-9-3-10-31-56)57-32-11-4-12-33-57/h1-50H. The zero-order valence-electron chi connectivity index (χ0n) is 43.9. The largest absolute Gasteiger partial charge is 0.180 e. The average molecular weight is 1040 g/mol. The van der Waals surface area contributed by atoms with Gasteiger partial charge in [0, 0.05) is 0 Å². The van der Waals surface area contributed by atoms with E-state index in [1.807, 2.05) is 0 Å². The Balaban J connectivity index is 1.01. The van der Waals surface area contributed by atoms with Crippen molar-refractivity contribution in [3.8, 4) is 55.6 Å². The third-order valence-corrected chi connectivity index (χ3v) is 28.1. The summed E-state index contributed by atoms with van der Waals surface area (Å²) in [7, 11) is -5.56. The van der Waals surface area contributed by atoms with Gasteiger partial charge in [0.25, 0.3) is 0 Å². The molecule has 0 fully saturated rings. The first-order valence-electron chi connectivity index (χ1n) is 28.1. The number of hydrogen-bond donors (Lipinski definition) is 0. The highest BCUT2D eigenvalue weighted by Gasteiger charge is 2.51. The van der Waals surface area contributed by atoms with E-state index >= 15 is 0 Å². The molecule has 0 atom stereocenters. The van der Waals surface area contributed by atoms with E-state index in [-0.39, 0.29) is 0 Å². The molecule has 80 heavy (non-hydrogen) atoms. The smallest absolute Gasteiger partial charge is 0.0623 e. The molecule has 0 radical (unpaired) electrons. The van der Waals surface area contributed by atoms with Crippen molar-refractivity contribution >= 4 is 112 Å². The summed E-state index contributed by atoms with van der Waals surface area (Å²) in [5.41, 5.74) is 13.0. The number of benzene rings is 15. The van der Waals surface area contributed by atoms with Crippen LogP contribution in [-0.4, -0.2) is 16.1 Å². The molecule has 0 spiro atoms. The average Bonchev–Trinajstić information content (AvgIpc) is 4.21. The van der Waals surface area contributed by atoms with E-state index in [0.29, 0.717) is 0 Å². The van der Waals surface area contributed by atoms with Gasteiger partial charge in [-0.1, -0.05) is 291 Å². The van der Waals surface area contributed by atoms with Crippen LogP contribution in [0.2, 0.25) is 0 Å². The Morgan fingerprint density at radius 1 is 0.175 bits per heavy atom. The molecule has 0 saturated heterocycles. The van der Waals surface area contributed by atoms with Gasteiger partial charge in [-0.25, -0.2) is 0 Å². The Morgan fingerprint density at radius 2 is 0.525 bits per heavy atom. The Kier molecular flexibility index (Phi) is 9.86. The molecule has 15 aromatic rings. The van der Waals surface area contributed by atoms with Crippen LogP contribution in [-0.2, 0) is 0 Å². The lowest BCUT2D eigenvalue weighted by molar-refractivity contribution is 1.65. The van der Waals surface area contributed by atoms with Crippen LogP contribution in [0, 0.1) is 0 Å². The van der Waals surface area contributed by atoms with Crippen molar-refractivity contribution in [3.63, 3.8) is 0 Å². The second kappa shape index (κ2) is 17.4. The fraction of sp³-hybridized carbons (Fsp3) is 0. The fourth-order valence-corrected chi connectivity index (χ4v) is 25.7. The minimum absolute atomic E-state index is 1.25. The van der Waals surface area contributed by atoms with Crippen LogP contribution in [0.3, 0.4) is 0 Å². The molecule has 0 N–H and O–H groups in total. The topological polar surface area (TPSA) is 0 Å². The minimum Gasteiger partial charge on any atom is -0.0623 e. The van der Waals surface area contributed by atoms with Crippen molar-refractivity contribution in [3.05, 3.63) is 303 Å². The maximum atomic E-state index is 2.58. The summed E-state index contributed by atoms with van der Waals surface area (Å²) in [5, 5.41) is 24.2. The van der Waals surface area contributed by atoms with Gasteiger partial charge in [-0.15, -0.1) is 0 Å². The minimum atomic E-state index is -2.78. The van der Waals surface area contributed by atoms with Gasteiger partial charge in [-0.2, -0.15) is 0 Å². The van der Waals surface area contributed by atoms with Crippen molar-refractivity contribution in [2.45, 2.75) is 0 Å². The van der Waals surface area contributed by atoms with Crippen LogP contribution < -0.4 is 41.5 Å². The van der Waals surface area contributed by atoms with E-state index < -0.39 is 16.1 Å². The van der Waals surface area contributed by atoms with Crippen LogP contribution in [0.15, 0.2) is 303 Å². The van der Waals surface area contributed by atoms with Crippen LogP contribution in [0.1, 0.15) is 0 Å². The molecule has 17 rings (SSSR count). The van der Waals surface area contributed by atoms with Crippen LogP contribution in [0.5, 0.6) is 0 Å². The van der Waals surface area contributed by atoms with E-state index in [2.05, 4.69) is 303 Å². The highest BCUT2D eigenvalue weighted by molar-refractivity contribution is 7.23. The molecule has 15 aromatic carbocycles. The molecule has 0 saturated carbocycles. The Labute approximate surface area is 467 Å². The van der Waals surface area contributed by atoms with E-state index in [1.165, 1.54) is 151 Å². The molecule has 2 heteroatoms. The van der Waals surface area contributed by atoms with Crippen molar-refractivity contribution in [2.24, 2.45) is 0 Å². The molecule has 2 aliphatic heterocycles. The molecule has 0 aliphatic carbocycles. The van der Waals surface area contributed by atoms with Gasteiger partial charge in [0.15, 0.2) is 16.1 Å². The maximum Gasteiger partial charge on any atom is 0.180 e. The lowest BCUT2D eigenvalue weighted by atomic mass is 9.82. The van der Waals surface area contributed by atoms with Gasteiger partial charge in [0.05, 0.1) is 0 Å². The molecular weight excluding hydrogens is 993 g/mol. The molecule has 0 bridgehead atoms. The van der Waals surface area contributed by atoms with Gasteiger partial charge >= 0.3 is 0 Å². The van der Waals surface area contributed by atoms with E-state index in [4.69, 9.17) is 0 Å². The molecule has 2 heterocycles. The van der Waals surface area contributed by atoms with Gasteiger partial charge in [0.1, 0.15) is 0 Å². The van der Waals surface area contributed by atoms with Crippen molar-refractivity contribution in [1.82, 2.24) is 0 Å². The highest BCUT2D eigenvalue weighted by atomic mass is 28.3. The third-order valence-electron chi connectivity index (χ3n) is 18.4. The van der Waals surface area contributed by atoms with Gasteiger partial charge < -0.3 is 0 Å². The summed E-state index contributed by atoms with van der Waals surface area (Å²) in [5.74, 6) is 0. The summed E-state index contributed by atoms with van der Waals surface area (Å²) in [6.45, 7) is 0. The summed E-state index contributed by atoms with van der Waals surface area (Å²) >= 11 is 0. The Morgan fingerprint density at radius 3 is 1.01 bits per heavy atom. The first kappa shape index (κ1) is 45.3. The monoisotopic (exact) mass is 1040 g/mol. The molecular formula is C78H50Si2. The Hall–Kier alpha value is -9.71. The maximum absolute atomic E-state index is 2.78. The third kappa shape index (κ3) is 6.09. The molecule has 2 aliphatic rings. The van der Waals surface area contributed by atoms with Crippen molar-refractivity contribution in [1.29, 1.82) is 0 Å². The summed E-state index contributed by atoms with van der Waals surface area (Å²) in [4.78, 5) is 0. The van der Waals surface area contributed by atoms with Gasteiger partial charge in [0.2, 0.25) is 0 Å². The summed E-state index contributed by atoms with van der Waals surface area (Å²) in [6.07, 6.45) is 0. The van der Waals surface area contributed by atoms with E-state index in [0.717, 1.165) is 0 Å². The number of hydrogen-bond acceptors (Lipinski definition) is 0. The predicted molar refractivity (Wildman–Crippen MR) is 347 cm³/mol. The zero-order valence-corrected chi connectivity index (χ0v) is 45.9. The molecule has 0 nitrogen and oxygen atoms in total.